The van der Waals surface area contributed by atoms with Gasteiger partial charge in [0.15, 0.2) is 10.4 Å². The lowest BCUT2D eigenvalue weighted by Crippen LogP contribution is -2.49. The normalized spacial score (nSPS) is 23.4. The number of amides is 1. The summed E-state index contributed by atoms with van der Waals surface area (Å²) in [6.07, 6.45) is 1.31. The fourth-order valence-corrected chi connectivity index (χ4v) is 3.05. The van der Waals surface area contributed by atoms with Gasteiger partial charge in [0.2, 0.25) is 0 Å². The van der Waals surface area contributed by atoms with E-state index < -0.39 is 11.9 Å². The average Bonchev–Trinajstić information content (AvgIpc) is 2.67. The van der Waals surface area contributed by atoms with E-state index in [0.717, 1.165) is 5.56 Å². The molecule has 1 aromatic rings. The summed E-state index contributed by atoms with van der Waals surface area (Å²) in [4.78, 5) is 25.2. The van der Waals surface area contributed by atoms with E-state index in [4.69, 9.17) is 9.52 Å². The number of nitrogens with zero attached hydrogens (tertiary/aromatic N) is 1. The molecule has 2 heterocycles. The number of aliphatic carboxylic acids is 1. The Labute approximate surface area is 119 Å². The Kier molecular flexibility index (Phi) is 3.99. The molecule has 2 atom stereocenters. The van der Waals surface area contributed by atoms with E-state index >= 15 is 0 Å². The predicted molar refractivity (Wildman–Crippen MR) is 72.0 cm³/mol. The van der Waals surface area contributed by atoms with Gasteiger partial charge in [0.05, 0.1) is 5.92 Å². The second kappa shape index (κ2) is 5.36. The Morgan fingerprint density at radius 2 is 2.21 bits per heavy atom. The number of rotatable bonds is 2. The molecule has 0 radical (unpaired) electrons. The molecule has 0 saturated carbocycles. The van der Waals surface area contributed by atoms with Crippen LogP contribution in [0.5, 0.6) is 0 Å². The number of hydrogen-bond acceptors (Lipinski definition) is 3. The molecule has 1 N–H and O–H groups in total. The number of carboxylic acid groups (broad SMARTS) is 1. The molecule has 1 aliphatic heterocycles. The zero-order valence-corrected chi connectivity index (χ0v) is 12.4. The summed E-state index contributed by atoms with van der Waals surface area (Å²) >= 11 is 3.19. The number of likely N-dealkylation sites (tertiary alicyclic amines) is 1. The summed E-state index contributed by atoms with van der Waals surface area (Å²) in [6.45, 7) is 4.15. The SMILES string of the molecule is Cc1cc(Br)oc1C(=O)N1CCC[C@@H](C(=O)O)[C@H]1C. The molecule has 0 unspecified atom stereocenters. The van der Waals surface area contributed by atoms with Crippen LogP contribution in [0, 0.1) is 12.8 Å². The maximum Gasteiger partial charge on any atom is 0.308 e. The van der Waals surface area contributed by atoms with E-state index in [1.807, 2.05) is 0 Å². The number of halogens is 1. The van der Waals surface area contributed by atoms with E-state index in [0.29, 0.717) is 24.1 Å². The molecule has 0 aromatic carbocycles. The molecule has 1 fully saturated rings. The Morgan fingerprint density at radius 1 is 1.53 bits per heavy atom. The van der Waals surface area contributed by atoms with Gasteiger partial charge in [-0.1, -0.05) is 0 Å². The van der Waals surface area contributed by atoms with Gasteiger partial charge in [-0.3, -0.25) is 9.59 Å². The lowest BCUT2D eigenvalue weighted by Gasteiger charge is -2.37. The summed E-state index contributed by atoms with van der Waals surface area (Å²) in [7, 11) is 0. The van der Waals surface area contributed by atoms with Crippen molar-refractivity contribution in [3.8, 4) is 0 Å². The van der Waals surface area contributed by atoms with Crippen LogP contribution in [0.25, 0.3) is 0 Å². The second-order valence-corrected chi connectivity index (χ2v) is 5.67. The highest BCUT2D eigenvalue weighted by Crippen LogP contribution is 2.28. The molecule has 19 heavy (non-hydrogen) atoms. The molecule has 2 rings (SSSR count). The molecule has 0 aliphatic carbocycles. The van der Waals surface area contributed by atoms with E-state index in [-0.39, 0.29) is 17.7 Å². The molecule has 1 aliphatic rings. The first-order valence-corrected chi connectivity index (χ1v) is 7.01. The van der Waals surface area contributed by atoms with Crippen molar-refractivity contribution in [3.05, 3.63) is 22.1 Å². The summed E-state index contributed by atoms with van der Waals surface area (Å²) < 4.78 is 5.86. The van der Waals surface area contributed by atoms with Crippen LogP contribution in [-0.4, -0.2) is 34.5 Å². The number of piperidine rings is 1. The van der Waals surface area contributed by atoms with Gasteiger partial charge in [-0.2, -0.15) is 0 Å². The highest BCUT2D eigenvalue weighted by molar-refractivity contribution is 9.10. The summed E-state index contributed by atoms with van der Waals surface area (Å²) in [5.74, 6) is -1.30. The number of carboxylic acids is 1. The van der Waals surface area contributed by atoms with E-state index in [1.165, 1.54) is 0 Å². The van der Waals surface area contributed by atoms with E-state index in [9.17, 15) is 9.59 Å². The van der Waals surface area contributed by atoms with Gasteiger partial charge in [0.25, 0.3) is 5.91 Å². The Morgan fingerprint density at radius 3 is 2.74 bits per heavy atom. The third-order valence-corrected chi connectivity index (χ3v) is 4.04. The van der Waals surface area contributed by atoms with Crippen molar-refractivity contribution in [2.45, 2.75) is 32.7 Å². The van der Waals surface area contributed by atoms with Crippen LogP contribution in [0.4, 0.5) is 0 Å². The molecule has 5 nitrogen and oxygen atoms in total. The number of aryl methyl sites for hydroxylation is 1. The summed E-state index contributed by atoms with van der Waals surface area (Å²) in [6, 6.07) is 1.42. The maximum absolute atomic E-state index is 12.4. The molecule has 1 amide bonds. The third kappa shape index (κ3) is 2.68. The van der Waals surface area contributed by atoms with Gasteiger partial charge in [0.1, 0.15) is 0 Å². The van der Waals surface area contributed by atoms with Crippen LogP contribution in [0.3, 0.4) is 0 Å². The molecular formula is C13H16BrNO4. The fraction of sp³-hybridized carbons (Fsp3) is 0.538. The first kappa shape index (κ1) is 14.1. The van der Waals surface area contributed by atoms with Gasteiger partial charge in [-0.05, 0) is 48.7 Å². The van der Waals surface area contributed by atoms with Gasteiger partial charge >= 0.3 is 5.97 Å². The largest absolute Gasteiger partial charge is 0.481 e. The number of carbonyl (C=O) groups excluding carboxylic acids is 1. The van der Waals surface area contributed by atoms with Crippen molar-refractivity contribution >= 4 is 27.8 Å². The molecule has 0 spiro atoms. The maximum atomic E-state index is 12.4. The van der Waals surface area contributed by atoms with Crippen LogP contribution >= 0.6 is 15.9 Å². The first-order chi connectivity index (χ1) is 8.91. The zero-order valence-electron chi connectivity index (χ0n) is 10.9. The molecule has 104 valence electrons. The smallest absolute Gasteiger partial charge is 0.308 e. The Hall–Kier alpha value is -1.30. The highest BCUT2D eigenvalue weighted by atomic mass is 79.9. The van der Waals surface area contributed by atoms with E-state index in [2.05, 4.69) is 15.9 Å². The van der Waals surface area contributed by atoms with Crippen molar-refractivity contribution in [2.75, 3.05) is 6.54 Å². The number of carbonyl (C=O) groups is 2. The molecule has 6 heteroatoms. The predicted octanol–water partition coefficient (Wildman–Crippen LogP) is 2.68. The van der Waals surface area contributed by atoms with Gasteiger partial charge < -0.3 is 14.4 Å². The average molecular weight is 330 g/mol. The minimum absolute atomic E-state index is 0.235. The lowest BCUT2D eigenvalue weighted by molar-refractivity contribution is -0.145. The minimum Gasteiger partial charge on any atom is -0.481 e. The molecule has 1 saturated heterocycles. The molecule has 0 bridgehead atoms. The fourth-order valence-electron chi connectivity index (χ4n) is 2.55. The van der Waals surface area contributed by atoms with Crippen LogP contribution in [0.2, 0.25) is 0 Å². The van der Waals surface area contributed by atoms with Crippen molar-refractivity contribution in [3.63, 3.8) is 0 Å². The quantitative estimate of drug-likeness (QED) is 0.905. The first-order valence-electron chi connectivity index (χ1n) is 6.21. The second-order valence-electron chi connectivity index (χ2n) is 4.89. The standard InChI is InChI=1S/C13H16BrNO4/c1-7-6-10(14)19-11(7)12(16)15-5-3-4-9(8(15)2)13(17)18/h6,8-9H,3-5H2,1-2H3,(H,17,18)/t8-,9-/m1/s1. The Balaban J connectivity index is 2.23. The minimum atomic E-state index is -0.845. The zero-order chi connectivity index (χ0) is 14.2. The van der Waals surface area contributed by atoms with Crippen molar-refractivity contribution in [1.82, 2.24) is 4.90 Å². The number of hydrogen-bond donors (Lipinski definition) is 1. The third-order valence-electron chi connectivity index (χ3n) is 3.65. The van der Waals surface area contributed by atoms with Crippen molar-refractivity contribution in [1.29, 1.82) is 0 Å². The number of furan rings is 1. The van der Waals surface area contributed by atoms with Crippen LogP contribution in [0.1, 0.15) is 35.9 Å². The van der Waals surface area contributed by atoms with Gasteiger partial charge in [-0.15, -0.1) is 0 Å². The topological polar surface area (TPSA) is 70.8 Å². The van der Waals surface area contributed by atoms with Crippen LogP contribution in [-0.2, 0) is 4.79 Å². The van der Waals surface area contributed by atoms with Gasteiger partial charge in [0, 0.05) is 18.2 Å². The molecular weight excluding hydrogens is 314 g/mol. The van der Waals surface area contributed by atoms with Crippen molar-refractivity contribution < 1.29 is 19.1 Å². The monoisotopic (exact) mass is 329 g/mol. The molecule has 1 aromatic heterocycles. The highest BCUT2D eigenvalue weighted by Gasteiger charge is 2.36. The lowest BCUT2D eigenvalue weighted by atomic mass is 9.90. The van der Waals surface area contributed by atoms with Crippen molar-refractivity contribution in [2.24, 2.45) is 5.92 Å². The van der Waals surface area contributed by atoms with E-state index in [1.54, 1.807) is 24.8 Å². The van der Waals surface area contributed by atoms with Crippen LogP contribution < -0.4 is 0 Å². The Bertz CT molecular complexity index is 511. The van der Waals surface area contributed by atoms with Gasteiger partial charge in [-0.25, -0.2) is 0 Å². The van der Waals surface area contributed by atoms with Crippen LogP contribution in [0.15, 0.2) is 15.2 Å². The summed E-state index contributed by atoms with van der Waals surface area (Å²) in [5.41, 5.74) is 0.751. The summed E-state index contributed by atoms with van der Waals surface area (Å²) in [5, 5.41) is 9.17.